The molecule has 0 aliphatic carbocycles. The summed E-state index contributed by atoms with van der Waals surface area (Å²) in [6, 6.07) is 13.3. The number of hydrogen-bond acceptors (Lipinski definition) is 5. The van der Waals surface area contributed by atoms with Gasteiger partial charge in [-0.05, 0) is 83.0 Å². The maximum atomic E-state index is 12.7. The van der Waals surface area contributed by atoms with Crippen molar-refractivity contribution in [2.75, 3.05) is 20.1 Å². The highest BCUT2D eigenvalue weighted by atomic mass is 16.6. The van der Waals surface area contributed by atoms with Crippen molar-refractivity contribution in [2.24, 2.45) is 0 Å². The van der Waals surface area contributed by atoms with E-state index in [0.717, 1.165) is 65.4 Å². The second kappa shape index (κ2) is 9.58. The molecule has 2 unspecified atom stereocenters. The largest absolute Gasteiger partial charge is 0.444 e. The molecule has 38 heavy (non-hydrogen) atoms. The number of aromatic amines is 2. The Hall–Kier alpha value is -3.65. The van der Waals surface area contributed by atoms with Gasteiger partial charge < -0.3 is 14.7 Å². The molecule has 8 heteroatoms. The molecule has 2 atom stereocenters. The van der Waals surface area contributed by atoms with E-state index in [4.69, 9.17) is 4.74 Å². The van der Waals surface area contributed by atoms with Gasteiger partial charge in [0, 0.05) is 17.7 Å². The van der Waals surface area contributed by atoms with Crippen molar-refractivity contribution in [1.29, 1.82) is 0 Å². The predicted molar refractivity (Wildman–Crippen MR) is 149 cm³/mol. The summed E-state index contributed by atoms with van der Waals surface area (Å²) in [6.45, 7) is 7.49. The van der Waals surface area contributed by atoms with Gasteiger partial charge in [-0.2, -0.15) is 0 Å². The van der Waals surface area contributed by atoms with E-state index in [2.05, 4.69) is 68.3 Å². The Morgan fingerprint density at radius 1 is 0.868 bits per heavy atom. The van der Waals surface area contributed by atoms with Crippen LogP contribution in [-0.4, -0.2) is 61.6 Å². The molecule has 4 heterocycles. The SMILES string of the molecule is CN1CCCC1c1ncc(-c2ccc3cc(-c4cnc(C5CCCN5C(=O)OC(C)(C)C)[nH]4)ccc3c2)[nH]1. The van der Waals surface area contributed by atoms with Crippen LogP contribution in [0, 0.1) is 0 Å². The average Bonchev–Trinajstić information content (AvgIpc) is 3.68. The van der Waals surface area contributed by atoms with E-state index in [1.807, 2.05) is 33.2 Å². The topological polar surface area (TPSA) is 90.1 Å². The molecule has 198 valence electrons. The second-order valence-electron chi connectivity index (χ2n) is 11.6. The maximum absolute atomic E-state index is 12.7. The number of carbonyl (C=O) groups excluding carboxylic acids is 1. The first-order valence-electron chi connectivity index (χ1n) is 13.6. The third-order valence-electron chi connectivity index (χ3n) is 7.69. The van der Waals surface area contributed by atoms with E-state index in [0.29, 0.717) is 12.6 Å². The summed E-state index contributed by atoms with van der Waals surface area (Å²) in [5, 5.41) is 2.33. The first kappa shape index (κ1) is 24.7. The zero-order valence-corrected chi connectivity index (χ0v) is 22.6. The van der Waals surface area contributed by atoms with Crippen LogP contribution in [0.5, 0.6) is 0 Å². The number of H-pyrrole nitrogens is 2. The normalized spacial score (nSPS) is 20.5. The fraction of sp³-hybridized carbons (Fsp3) is 0.433. The number of nitrogens with one attached hydrogen (secondary N) is 2. The van der Waals surface area contributed by atoms with Crippen molar-refractivity contribution in [3.63, 3.8) is 0 Å². The van der Waals surface area contributed by atoms with Crippen molar-refractivity contribution in [2.45, 2.75) is 64.1 Å². The molecule has 2 aliphatic heterocycles. The van der Waals surface area contributed by atoms with Gasteiger partial charge >= 0.3 is 6.09 Å². The van der Waals surface area contributed by atoms with Crippen LogP contribution in [0.2, 0.25) is 0 Å². The van der Waals surface area contributed by atoms with Crippen molar-refractivity contribution in [3.8, 4) is 22.5 Å². The van der Waals surface area contributed by atoms with Crippen molar-refractivity contribution in [3.05, 3.63) is 60.4 Å². The van der Waals surface area contributed by atoms with Gasteiger partial charge in [0.05, 0.1) is 35.9 Å². The average molecular weight is 513 g/mol. The summed E-state index contributed by atoms with van der Waals surface area (Å²) < 4.78 is 5.62. The van der Waals surface area contributed by atoms with Gasteiger partial charge in [0.2, 0.25) is 0 Å². The van der Waals surface area contributed by atoms with Crippen molar-refractivity contribution < 1.29 is 9.53 Å². The third kappa shape index (κ3) is 4.80. The van der Waals surface area contributed by atoms with E-state index >= 15 is 0 Å². The number of hydrogen-bond donors (Lipinski definition) is 2. The molecular formula is C30H36N6O2. The molecule has 8 nitrogen and oxygen atoms in total. The van der Waals surface area contributed by atoms with Crippen LogP contribution in [0.25, 0.3) is 33.3 Å². The summed E-state index contributed by atoms with van der Waals surface area (Å²) in [7, 11) is 2.17. The number of benzene rings is 2. The third-order valence-corrected chi connectivity index (χ3v) is 7.69. The number of imidazole rings is 2. The van der Waals surface area contributed by atoms with E-state index in [1.165, 1.54) is 11.8 Å². The number of likely N-dealkylation sites (tertiary alicyclic amines) is 2. The molecule has 0 bridgehead atoms. The minimum Gasteiger partial charge on any atom is -0.444 e. The Kier molecular flexibility index (Phi) is 6.22. The summed E-state index contributed by atoms with van der Waals surface area (Å²) in [4.78, 5) is 33.3. The van der Waals surface area contributed by atoms with E-state index < -0.39 is 5.60 Å². The lowest BCUT2D eigenvalue weighted by Gasteiger charge is -2.27. The van der Waals surface area contributed by atoms with Crippen molar-refractivity contribution in [1.82, 2.24) is 29.7 Å². The first-order chi connectivity index (χ1) is 18.2. The summed E-state index contributed by atoms with van der Waals surface area (Å²) in [5.74, 6) is 1.86. The molecule has 2 aromatic heterocycles. The predicted octanol–water partition coefficient (Wildman–Crippen LogP) is 6.46. The number of ether oxygens (including phenoxy) is 1. The number of amides is 1. The molecule has 2 fully saturated rings. The van der Waals surface area contributed by atoms with Crippen LogP contribution in [0.4, 0.5) is 4.79 Å². The molecule has 2 saturated heterocycles. The number of fused-ring (bicyclic) bond motifs is 1. The Morgan fingerprint density at radius 3 is 1.97 bits per heavy atom. The summed E-state index contributed by atoms with van der Waals surface area (Å²) >= 11 is 0. The first-order valence-corrected chi connectivity index (χ1v) is 13.6. The van der Waals surface area contributed by atoms with Crippen LogP contribution in [0.3, 0.4) is 0 Å². The minimum absolute atomic E-state index is 0.0927. The van der Waals surface area contributed by atoms with Gasteiger partial charge in [-0.25, -0.2) is 14.8 Å². The van der Waals surface area contributed by atoms with Crippen LogP contribution in [0.1, 0.15) is 70.2 Å². The molecule has 1 amide bonds. The molecule has 0 radical (unpaired) electrons. The molecule has 2 aromatic carbocycles. The molecule has 2 aliphatic rings. The Bertz CT molecular complexity index is 1460. The quantitative estimate of drug-likeness (QED) is 0.328. The second-order valence-corrected chi connectivity index (χ2v) is 11.6. The van der Waals surface area contributed by atoms with Crippen LogP contribution in [-0.2, 0) is 4.74 Å². The van der Waals surface area contributed by atoms with Gasteiger partial charge in [-0.15, -0.1) is 0 Å². The fourth-order valence-corrected chi connectivity index (χ4v) is 5.73. The van der Waals surface area contributed by atoms with Crippen LogP contribution >= 0.6 is 0 Å². The van der Waals surface area contributed by atoms with Gasteiger partial charge in [0.1, 0.15) is 17.2 Å². The lowest BCUT2D eigenvalue weighted by molar-refractivity contribution is 0.0218. The lowest BCUT2D eigenvalue weighted by atomic mass is 10.0. The summed E-state index contributed by atoms with van der Waals surface area (Å²) in [5.41, 5.74) is 3.68. The molecule has 0 spiro atoms. The molecule has 0 saturated carbocycles. The van der Waals surface area contributed by atoms with Gasteiger partial charge in [-0.1, -0.05) is 24.3 Å². The molecule has 6 rings (SSSR count). The number of carbonyl (C=O) groups is 1. The highest BCUT2D eigenvalue weighted by molar-refractivity contribution is 5.90. The number of nitrogens with zero attached hydrogens (tertiary/aromatic N) is 4. The lowest BCUT2D eigenvalue weighted by Crippen LogP contribution is -2.36. The van der Waals surface area contributed by atoms with Gasteiger partial charge in [-0.3, -0.25) is 9.80 Å². The maximum Gasteiger partial charge on any atom is 0.410 e. The van der Waals surface area contributed by atoms with Crippen molar-refractivity contribution >= 4 is 16.9 Å². The highest BCUT2D eigenvalue weighted by Crippen LogP contribution is 2.34. The van der Waals surface area contributed by atoms with Gasteiger partial charge in [0.25, 0.3) is 0 Å². The number of aromatic nitrogens is 4. The fourth-order valence-electron chi connectivity index (χ4n) is 5.73. The Morgan fingerprint density at radius 2 is 1.42 bits per heavy atom. The monoisotopic (exact) mass is 512 g/mol. The summed E-state index contributed by atoms with van der Waals surface area (Å²) in [6.07, 6.45) is 7.72. The standard InChI is InChI=1S/C30H36N6O2/c1-30(2,3)38-29(37)36-14-6-8-26(36)28-32-18-24(34-28)22-12-10-19-15-21(11-9-20(19)16-22)23-17-31-27(33-23)25-7-5-13-35(25)4/h9-12,15-18,25-26H,5-8,13-14H2,1-4H3,(H,31,33)(H,32,34). The Balaban J connectivity index is 1.21. The van der Waals surface area contributed by atoms with Crippen LogP contribution < -0.4 is 0 Å². The van der Waals surface area contributed by atoms with E-state index in [1.54, 1.807) is 4.90 Å². The molecular weight excluding hydrogens is 476 g/mol. The van der Waals surface area contributed by atoms with E-state index in [-0.39, 0.29) is 12.1 Å². The molecule has 4 aromatic rings. The van der Waals surface area contributed by atoms with Gasteiger partial charge in [0.15, 0.2) is 0 Å². The highest BCUT2D eigenvalue weighted by Gasteiger charge is 2.35. The smallest absolute Gasteiger partial charge is 0.410 e. The molecule has 2 N–H and O–H groups in total. The number of rotatable bonds is 4. The van der Waals surface area contributed by atoms with E-state index in [9.17, 15) is 4.79 Å². The Labute approximate surface area is 223 Å². The zero-order chi connectivity index (χ0) is 26.4. The van der Waals surface area contributed by atoms with Crippen LogP contribution in [0.15, 0.2) is 48.8 Å². The minimum atomic E-state index is -0.518. The zero-order valence-electron chi connectivity index (χ0n) is 22.6.